The molecule has 1 aromatic heterocycles. The minimum atomic E-state index is -0.283. The Kier molecular flexibility index (Phi) is 5.65. The number of hydrogen-bond acceptors (Lipinski definition) is 6. The van der Waals surface area contributed by atoms with E-state index in [4.69, 9.17) is 9.57 Å². The molecule has 1 saturated carbocycles. The maximum atomic E-state index is 12.4. The molecule has 0 N–H and O–H groups in total. The number of tetrazole rings is 1. The Balaban J connectivity index is 1.66. The largest absolute Gasteiger partial charge is 0.489 e. The van der Waals surface area contributed by atoms with Gasteiger partial charge in [-0.1, -0.05) is 36.3 Å². The second-order valence-electron chi connectivity index (χ2n) is 7.31. The van der Waals surface area contributed by atoms with E-state index in [9.17, 15) is 4.79 Å². The Morgan fingerprint density at radius 3 is 2.67 bits per heavy atom. The van der Waals surface area contributed by atoms with Gasteiger partial charge in [0.25, 0.3) is 0 Å². The number of oxime groups is 1. The summed E-state index contributed by atoms with van der Waals surface area (Å²) < 4.78 is 8.72. The minimum Gasteiger partial charge on any atom is -0.489 e. The van der Waals surface area contributed by atoms with Crippen LogP contribution in [0.1, 0.15) is 48.8 Å². The van der Waals surface area contributed by atoms with E-state index in [1.165, 1.54) is 14.9 Å². The Bertz CT molecular complexity index is 1130. The number of aromatic nitrogens is 4. The molecule has 0 spiro atoms. The van der Waals surface area contributed by atoms with Crippen LogP contribution in [-0.2, 0) is 18.5 Å². The second kappa shape index (κ2) is 8.52. The van der Waals surface area contributed by atoms with Crippen molar-refractivity contribution in [1.82, 2.24) is 19.8 Å². The lowest BCUT2D eigenvalue weighted by molar-refractivity contribution is 0.213. The van der Waals surface area contributed by atoms with Crippen LogP contribution in [-0.4, -0.2) is 32.6 Å². The monoisotopic (exact) mass is 407 g/mol. The third-order valence-electron chi connectivity index (χ3n) is 5.24. The lowest BCUT2D eigenvalue weighted by Crippen LogP contribution is -2.23. The van der Waals surface area contributed by atoms with Gasteiger partial charge in [0.05, 0.1) is 11.4 Å². The van der Waals surface area contributed by atoms with Crippen LogP contribution in [0.4, 0.5) is 0 Å². The van der Waals surface area contributed by atoms with Crippen LogP contribution in [0.2, 0.25) is 0 Å². The summed E-state index contributed by atoms with van der Waals surface area (Å²) >= 11 is 0. The van der Waals surface area contributed by atoms with Crippen molar-refractivity contribution in [3.63, 3.8) is 0 Å². The van der Waals surface area contributed by atoms with Gasteiger partial charge in [-0.15, -0.1) is 0 Å². The zero-order chi connectivity index (χ0) is 21.1. The van der Waals surface area contributed by atoms with E-state index in [1.807, 2.05) is 43.3 Å². The number of ether oxygens (including phenoxy) is 1. The molecule has 1 aliphatic carbocycles. The van der Waals surface area contributed by atoms with Gasteiger partial charge in [-0.3, -0.25) is 0 Å². The molecule has 0 unspecified atom stereocenters. The molecular weight excluding hydrogens is 382 g/mol. The second-order valence-corrected chi connectivity index (χ2v) is 7.31. The summed E-state index contributed by atoms with van der Waals surface area (Å²) in [5.41, 5.74) is 4.41. The molecule has 2 aromatic carbocycles. The quantitative estimate of drug-likeness (QED) is 0.423. The van der Waals surface area contributed by atoms with Gasteiger partial charge in [0, 0.05) is 18.2 Å². The molecule has 30 heavy (non-hydrogen) atoms. The molecule has 8 nitrogen and oxygen atoms in total. The third-order valence-corrected chi connectivity index (χ3v) is 5.24. The summed E-state index contributed by atoms with van der Waals surface area (Å²) in [6.45, 7) is 2.36. The fraction of sp³-hybridized carbons (Fsp3) is 0.364. The van der Waals surface area contributed by atoms with Crippen LogP contribution in [0.25, 0.3) is 5.69 Å². The van der Waals surface area contributed by atoms with E-state index in [0.717, 1.165) is 41.9 Å². The summed E-state index contributed by atoms with van der Waals surface area (Å²) in [5.74, 6) is 1.23. The summed E-state index contributed by atoms with van der Waals surface area (Å²) in [5, 5.41) is 12.0. The normalized spacial score (nSPS) is 14.0. The first-order chi connectivity index (χ1) is 14.6. The van der Waals surface area contributed by atoms with Crippen molar-refractivity contribution in [3.8, 4) is 11.4 Å². The third kappa shape index (κ3) is 3.98. The number of benzene rings is 2. The van der Waals surface area contributed by atoms with Crippen LogP contribution in [0, 0.1) is 0 Å². The van der Waals surface area contributed by atoms with E-state index in [2.05, 4.69) is 21.6 Å². The molecule has 4 rings (SSSR count). The topological polar surface area (TPSA) is 83.5 Å². The van der Waals surface area contributed by atoms with Gasteiger partial charge >= 0.3 is 5.69 Å². The Hall–Kier alpha value is -3.42. The van der Waals surface area contributed by atoms with Gasteiger partial charge in [-0.25, -0.2) is 4.79 Å². The molecule has 0 saturated heterocycles. The molecule has 1 aliphatic rings. The van der Waals surface area contributed by atoms with Gasteiger partial charge in [-0.05, 0) is 59.4 Å². The first-order valence-electron chi connectivity index (χ1n) is 10.1. The molecule has 3 aromatic rings. The highest BCUT2D eigenvalue weighted by Gasteiger charge is 2.28. The highest BCUT2D eigenvalue weighted by molar-refractivity contribution is 6.00. The van der Waals surface area contributed by atoms with Gasteiger partial charge in [0.2, 0.25) is 0 Å². The van der Waals surface area contributed by atoms with Gasteiger partial charge in [0.1, 0.15) is 19.5 Å². The van der Waals surface area contributed by atoms with Crippen molar-refractivity contribution in [2.24, 2.45) is 12.2 Å². The molecule has 0 amide bonds. The Morgan fingerprint density at radius 2 is 2.00 bits per heavy atom. The summed E-state index contributed by atoms with van der Waals surface area (Å²) in [6, 6.07) is 13.7. The fourth-order valence-corrected chi connectivity index (χ4v) is 3.54. The molecule has 1 fully saturated rings. The van der Waals surface area contributed by atoms with Gasteiger partial charge in [0.15, 0.2) is 0 Å². The SMILES string of the molecule is CC/C(=N\OC)c1cccc(OCc2c(C3CC3)cccc2-n2nnn(C)c2=O)c1. The van der Waals surface area contributed by atoms with Gasteiger partial charge < -0.3 is 9.57 Å². The average Bonchev–Trinajstić information content (AvgIpc) is 3.56. The van der Waals surface area contributed by atoms with Crippen molar-refractivity contribution < 1.29 is 9.57 Å². The number of aryl methyl sites for hydroxylation is 1. The predicted molar refractivity (Wildman–Crippen MR) is 113 cm³/mol. The fourth-order valence-electron chi connectivity index (χ4n) is 3.54. The molecule has 0 bridgehead atoms. The first kappa shape index (κ1) is 19.9. The van der Waals surface area contributed by atoms with E-state index in [1.54, 1.807) is 14.2 Å². The number of hydrogen-bond donors (Lipinski definition) is 0. The van der Waals surface area contributed by atoms with Crippen molar-refractivity contribution >= 4 is 5.71 Å². The van der Waals surface area contributed by atoms with E-state index in [-0.39, 0.29) is 5.69 Å². The number of nitrogens with zero attached hydrogens (tertiary/aromatic N) is 5. The van der Waals surface area contributed by atoms with Crippen molar-refractivity contribution in [2.75, 3.05) is 7.11 Å². The average molecular weight is 407 g/mol. The Labute approximate surface area is 174 Å². The maximum Gasteiger partial charge on any atom is 0.368 e. The highest BCUT2D eigenvalue weighted by atomic mass is 16.6. The summed E-state index contributed by atoms with van der Waals surface area (Å²) in [7, 11) is 3.13. The van der Waals surface area contributed by atoms with Crippen molar-refractivity contribution in [3.05, 3.63) is 69.6 Å². The molecule has 0 radical (unpaired) electrons. The lowest BCUT2D eigenvalue weighted by atomic mass is 10.0. The molecule has 1 heterocycles. The van der Waals surface area contributed by atoms with Crippen LogP contribution in [0.5, 0.6) is 5.75 Å². The van der Waals surface area contributed by atoms with E-state index in [0.29, 0.717) is 18.2 Å². The molecule has 8 heteroatoms. The van der Waals surface area contributed by atoms with Crippen LogP contribution < -0.4 is 10.4 Å². The van der Waals surface area contributed by atoms with Crippen LogP contribution >= 0.6 is 0 Å². The highest BCUT2D eigenvalue weighted by Crippen LogP contribution is 2.43. The standard InChI is InChI=1S/C22H25N5O3/c1-4-20(23-29-3)16-7-5-8-17(13-16)30-14-19-18(15-11-12-15)9-6-10-21(19)27-22(28)26(2)24-25-27/h5-10,13,15H,4,11-12,14H2,1-3H3/b23-20+. The minimum absolute atomic E-state index is 0.283. The lowest BCUT2D eigenvalue weighted by Gasteiger charge is -2.15. The summed E-state index contributed by atoms with van der Waals surface area (Å²) in [4.78, 5) is 17.4. The molecule has 156 valence electrons. The molecular formula is C22H25N5O3. The van der Waals surface area contributed by atoms with E-state index >= 15 is 0 Å². The summed E-state index contributed by atoms with van der Waals surface area (Å²) in [6.07, 6.45) is 3.05. The molecule has 0 aliphatic heterocycles. The maximum absolute atomic E-state index is 12.4. The predicted octanol–water partition coefficient (Wildman–Crippen LogP) is 3.18. The van der Waals surface area contributed by atoms with E-state index < -0.39 is 0 Å². The Morgan fingerprint density at radius 1 is 1.20 bits per heavy atom. The van der Waals surface area contributed by atoms with Crippen LogP contribution in [0.3, 0.4) is 0 Å². The zero-order valence-corrected chi connectivity index (χ0v) is 17.4. The van der Waals surface area contributed by atoms with Gasteiger partial charge in [-0.2, -0.15) is 9.36 Å². The zero-order valence-electron chi connectivity index (χ0n) is 17.4. The van der Waals surface area contributed by atoms with Crippen molar-refractivity contribution in [2.45, 2.75) is 38.7 Å². The van der Waals surface area contributed by atoms with Crippen molar-refractivity contribution in [1.29, 1.82) is 0 Å². The first-order valence-corrected chi connectivity index (χ1v) is 10.1. The number of rotatable bonds is 8. The van der Waals surface area contributed by atoms with Crippen LogP contribution in [0.15, 0.2) is 52.4 Å². The smallest absolute Gasteiger partial charge is 0.368 e. The molecule has 0 atom stereocenters.